The molecule has 1 aromatic carbocycles. The first kappa shape index (κ1) is 18.4. The van der Waals surface area contributed by atoms with Crippen LogP contribution in [0.15, 0.2) is 34.9 Å². The normalized spacial score (nSPS) is 10.3. The second kappa shape index (κ2) is 8.12. The van der Waals surface area contributed by atoms with Crippen LogP contribution in [0.2, 0.25) is 0 Å². The molecule has 0 aliphatic heterocycles. The molecule has 6 heteroatoms. The van der Waals surface area contributed by atoms with Gasteiger partial charge in [0.05, 0.1) is 18.4 Å². The van der Waals surface area contributed by atoms with E-state index in [1.807, 2.05) is 33.8 Å². The summed E-state index contributed by atoms with van der Waals surface area (Å²) in [7, 11) is 1.36. The number of aromatic nitrogens is 1. The van der Waals surface area contributed by atoms with Gasteiger partial charge in [0.2, 0.25) is 0 Å². The highest BCUT2D eigenvalue weighted by atomic mass is 16.5. The first-order valence-electron chi connectivity index (χ1n) is 7.00. The molecule has 1 aromatic heterocycles. The molecule has 0 bridgehead atoms. The van der Waals surface area contributed by atoms with Crippen LogP contribution in [0, 0.1) is 6.92 Å². The molecule has 0 aliphatic carbocycles. The SMILES string of the molecule is CC(C)(C)OC=O.COC(=O)c1ccc(-c2cc(C)no2)cc1. The highest BCUT2D eigenvalue weighted by molar-refractivity contribution is 5.89. The second-order valence-electron chi connectivity index (χ2n) is 5.73. The number of aryl methyl sites for hydroxylation is 1. The zero-order valence-corrected chi connectivity index (χ0v) is 14.0. The smallest absolute Gasteiger partial charge is 0.337 e. The third-order valence-electron chi connectivity index (χ3n) is 2.62. The van der Waals surface area contributed by atoms with Crippen molar-refractivity contribution in [1.29, 1.82) is 0 Å². The number of ether oxygens (including phenoxy) is 2. The van der Waals surface area contributed by atoms with E-state index >= 15 is 0 Å². The molecule has 0 amide bonds. The van der Waals surface area contributed by atoms with Crippen molar-refractivity contribution >= 4 is 12.4 Å². The van der Waals surface area contributed by atoms with Gasteiger partial charge in [0.15, 0.2) is 5.76 Å². The third kappa shape index (κ3) is 6.34. The number of carbonyl (C=O) groups is 2. The maximum atomic E-state index is 11.2. The van der Waals surface area contributed by atoms with Gasteiger partial charge >= 0.3 is 5.97 Å². The molecule has 0 spiro atoms. The van der Waals surface area contributed by atoms with Crippen molar-refractivity contribution in [2.45, 2.75) is 33.3 Å². The quantitative estimate of drug-likeness (QED) is 0.637. The number of hydrogen-bond donors (Lipinski definition) is 0. The minimum atomic E-state index is -0.347. The van der Waals surface area contributed by atoms with E-state index in [0.29, 0.717) is 17.8 Å². The molecular formula is C17H21NO5. The molecule has 2 rings (SSSR count). The van der Waals surface area contributed by atoms with Gasteiger partial charge in [0.25, 0.3) is 6.47 Å². The zero-order valence-electron chi connectivity index (χ0n) is 14.0. The Labute approximate surface area is 135 Å². The van der Waals surface area contributed by atoms with E-state index in [0.717, 1.165) is 11.3 Å². The summed E-state index contributed by atoms with van der Waals surface area (Å²) in [5.41, 5.74) is 1.91. The first-order valence-corrected chi connectivity index (χ1v) is 7.00. The van der Waals surface area contributed by atoms with Gasteiger partial charge in [0.1, 0.15) is 5.60 Å². The Balaban J connectivity index is 0.000000322. The summed E-state index contributed by atoms with van der Waals surface area (Å²) < 4.78 is 14.3. The molecule has 23 heavy (non-hydrogen) atoms. The van der Waals surface area contributed by atoms with Crippen molar-refractivity contribution in [2.24, 2.45) is 0 Å². The van der Waals surface area contributed by atoms with Gasteiger partial charge in [-0.3, -0.25) is 4.79 Å². The predicted octanol–water partition coefficient (Wildman–Crippen LogP) is 3.39. The van der Waals surface area contributed by atoms with Gasteiger partial charge in [0, 0.05) is 11.6 Å². The molecule has 124 valence electrons. The number of methoxy groups -OCH3 is 1. The fraction of sp³-hybridized carbons (Fsp3) is 0.353. The summed E-state index contributed by atoms with van der Waals surface area (Å²) in [6.07, 6.45) is 0. The minimum absolute atomic E-state index is 0.318. The fourth-order valence-corrected chi connectivity index (χ4v) is 1.53. The van der Waals surface area contributed by atoms with E-state index in [1.54, 1.807) is 24.3 Å². The molecule has 2 aromatic rings. The Morgan fingerprint density at radius 3 is 2.17 bits per heavy atom. The molecule has 0 radical (unpaired) electrons. The Hall–Kier alpha value is -2.63. The lowest BCUT2D eigenvalue weighted by molar-refractivity contribution is -0.138. The summed E-state index contributed by atoms with van der Waals surface area (Å²) in [5, 5.41) is 3.80. The zero-order chi connectivity index (χ0) is 17.5. The molecule has 0 unspecified atom stereocenters. The van der Waals surface area contributed by atoms with Crippen molar-refractivity contribution in [3.63, 3.8) is 0 Å². The molecule has 1 heterocycles. The number of hydrogen-bond acceptors (Lipinski definition) is 6. The average molecular weight is 319 g/mol. The van der Waals surface area contributed by atoms with Crippen LogP contribution >= 0.6 is 0 Å². The maximum Gasteiger partial charge on any atom is 0.337 e. The second-order valence-corrected chi connectivity index (χ2v) is 5.73. The van der Waals surface area contributed by atoms with Crippen LogP contribution in [0.25, 0.3) is 11.3 Å². The fourth-order valence-electron chi connectivity index (χ4n) is 1.53. The van der Waals surface area contributed by atoms with Crippen molar-refractivity contribution in [2.75, 3.05) is 7.11 Å². The van der Waals surface area contributed by atoms with Gasteiger partial charge < -0.3 is 14.0 Å². The van der Waals surface area contributed by atoms with Gasteiger partial charge in [-0.15, -0.1) is 0 Å². The van der Waals surface area contributed by atoms with Gasteiger partial charge in [-0.05, 0) is 39.8 Å². The highest BCUT2D eigenvalue weighted by Gasteiger charge is 2.08. The third-order valence-corrected chi connectivity index (χ3v) is 2.62. The van der Waals surface area contributed by atoms with Crippen LogP contribution in [0.1, 0.15) is 36.8 Å². The summed E-state index contributed by atoms with van der Waals surface area (Å²) in [6.45, 7) is 7.78. The summed E-state index contributed by atoms with van der Waals surface area (Å²) in [4.78, 5) is 20.8. The molecule has 0 saturated carbocycles. The van der Waals surface area contributed by atoms with Crippen molar-refractivity contribution in [3.8, 4) is 11.3 Å². The van der Waals surface area contributed by atoms with E-state index in [1.165, 1.54) is 7.11 Å². The van der Waals surface area contributed by atoms with E-state index in [9.17, 15) is 9.59 Å². The van der Waals surface area contributed by atoms with Crippen molar-refractivity contribution in [1.82, 2.24) is 5.16 Å². The van der Waals surface area contributed by atoms with E-state index in [4.69, 9.17) is 4.52 Å². The van der Waals surface area contributed by atoms with Crippen LogP contribution < -0.4 is 0 Å². The average Bonchev–Trinajstić information content (AvgIpc) is 2.92. The lowest BCUT2D eigenvalue weighted by Gasteiger charge is -2.14. The number of nitrogens with zero attached hydrogens (tertiary/aromatic N) is 1. The van der Waals surface area contributed by atoms with E-state index in [-0.39, 0.29) is 11.6 Å². The predicted molar refractivity (Wildman–Crippen MR) is 84.9 cm³/mol. The Morgan fingerprint density at radius 2 is 1.83 bits per heavy atom. The Kier molecular flexibility index (Phi) is 6.50. The largest absolute Gasteiger partial charge is 0.465 e. The number of esters is 1. The molecule has 0 fully saturated rings. The van der Waals surface area contributed by atoms with Crippen molar-refractivity contribution in [3.05, 3.63) is 41.6 Å². The van der Waals surface area contributed by atoms with Gasteiger partial charge in [-0.2, -0.15) is 0 Å². The standard InChI is InChI=1S/C12H11NO3.C5H10O2/c1-8-7-11(16-13-8)9-3-5-10(6-4-9)12(14)15-2;1-5(2,3)7-4-6/h3-7H,1-2H3;4H,1-3H3. The Morgan fingerprint density at radius 1 is 1.22 bits per heavy atom. The molecule has 0 N–H and O–H groups in total. The Bertz CT molecular complexity index is 638. The monoisotopic (exact) mass is 319 g/mol. The molecule has 0 atom stereocenters. The van der Waals surface area contributed by atoms with Crippen LogP contribution in [0.3, 0.4) is 0 Å². The lowest BCUT2D eigenvalue weighted by Crippen LogP contribution is -2.17. The molecular weight excluding hydrogens is 298 g/mol. The molecule has 6 nitrogen and oxygen atoms in total. The van der Waals surface area contributed by atoms with Crippen LogP contribution in [-0.2, 0) is 14.3 Å². The van der Waals surface area contributed by atoms with E-state index < -0.39 is 0 Å². The van der Waals surface area contributed by atoms with Gasteiger partial charge in [-0.25, -0.2) is 4.79 Å². The number of carbonyl (C=O) groups excluding carboxylic acids is 2. The molecule has 0 aliphatic rings. The summed E-state index contributed by atoms with van der Waals surface area (Å²) in [5.74, 6) is 0.342. The highest BCUT2D eigenvalue weighted by Crippen LogP contribution is 2.20. The number of rotatable bonds is 3. The summed E-state index contributed by atoms with van der Waals surface area (Å²) >= 11 is 0. The molecule has 0 saturated heterocycles. The summed E-state index contributed by atoms with van der Waals surface area (Å²) in [6, 6.07) is 8.82. The van der Waals surface area contributed by atoms with Crippen LogP contribution in [0.5, 0.6) is 0 Å². The van der Waals surface area contributed by atoms with Crippen LogP contribution in [-0.4, -0.2) is 30.3 Å². The van der Waals surface area contributed by atoms with E-state index in [2.05, 4.69) is 14.6 Å². The van der Waals surface area contributed by atoms with Crippen molar-refractivity contribution < 1.29 is 23.6 Å². The van der Waals surface area contributed by atoms with Crippen LogP contribution in [0.4, 0.5) is 0 Å². The maximum absolute atomic E-state index is 11.2. The van der Waals surface area contributed by atoms with Gasteiger partial charge in [-0.1, -0.05) is 17.3 Å². The minimum Gasteiger partial charge on any atom is -0.465 e. The number of benzene rings is 1. The first-order chi connectivity index (χ1) is 10.8. The topological polar surface area (TPSA) is 78.6 Å². The lowest BCUT2D eigenvalue weighted by atomic mass is 10.1.